The van der Waals surface area contributed by atoms with Crippen LogP contribution in [0.15, 0.2) is 30.3 Å². The Balaban J connectivity index is 2.27. The Bertz CT molecular complexity index is 869. The van der Waals surface area contributed by atoms with E-state index < -0.39 is 11.2 Å². The molecule has 28 heavy (non-hydrogen) atoms. The second-order valence-corrected chi connectivity index (χ2v) is 10.3. The molecule has 4 atom stereocenters. The normalized spacial score (nSPS) is 20.7. The van der Waals surface area contributed by atoms with Gasteiger partial charge in [-0.3, -0.25) is 0 Å². The first kappa shape index (κ1) is 21.8. The first-order valence-corrected chi connectivity index (χ1v) is 10.8. The first-order valence-electron chi connectivity index (χ1n) is 9.61. The minimum atomic E-state index is -1.02. The predicted molar refractivity (Wildman–Crippen MR) is 123 cm³/mol. The van der Waals surface area contributed by atoms with Crippen molar-refractivity contribution in [1.82, 2.24) is 4.98 Å². The molecule has 1 aliphatic carbocycles. The number of ether oxygens (including phenoxy) is 1. The van der Waals surface area contributed by atoms with Crippen molar-refractivity contribution in [2.24, 2.45) is 17.1 Å². The molecule has 2 aromatic rings. The SMILES string of the molecule is COC(CN)(c1cc(C(C)(C)O)c(P)c(-c2ccc(P)cc2)n1)C1CC1(C)C. The van der Waals surface area contributed by atoms with Gasteiger partial charge in [-0.1, -0.05) is 38.1 Å². The third-order valence-corrected chi connectivity index (χ3v) is 7.05. The zero-order chi connectivity index (χ0) is 20.9. The van der Waals surface area contributed by atoms with Gasteiger partial charge in [-0.2, -0.15) is 0 Å². The van der Waals surface area contributed by atoms with E-state index in [1.165, 1.54) is 0 Å². The van der Waals surface area contributed by atoms with Crippen LogP contribution in [0.1, 0.15) is 45.4 Å². The van der Waals surface area contributed by atoms with Gasteiger partial charge in [-0.05, 0) is 42.6 Å². The van der Waals surface area contributed by atoms with Crippen LogP contribution in [0.5, 0.6) is 0 Å². The van der Waals surface area contributed by atoms with E-state index in [9.17, 15) is 5.11 Å². The standard InChI is InChI=1S/C22H32N2O2P2/c1-20(2)11-16(20)22(12-23,26-5)17-10-15(21(3,4)25)19(28)18(24-17)13-6-8-14(27)9-7-13/h6-10,16,25H,11-12,23,27-28H2,1-5H3. The van der Waals surface area contributed by atoms with Crippen LogP contribution in [-0.4, -0.2) is 23.7 Å². The summed E-state index contributed by atoms with van der Waals surface area (Å²) in [4.78, 5) is 5.04. The fourth-order valence-corrected chi connectivity index (χ4v) is 5.02. The van der Waals surface area contributed by atoms with Crippen molar-refractivity contribution in [3.63, 3.8) is 0 Å². The second kappa shape index (κ2) is 7.42. The van der Waals surface area contributed by atoms with Gasteiger partial charge in [0.05, 0.1) is 17.0 Å². The van der Waals surface area contributed by atoms with Gasteiger partial charge in [-0.25, -0.2) is 4.98 Å². The monoisotopic (exact) mass is 418 g/mol. The number of aromatic nitrogens is 1. The van der Waals surface area contributed by atoms with Gasteiger partial charge >= 0.3 is 0 Å². The van der Waals surface area contributed by atoms with Crippen LogP contribution in [-0.2, 0) is 15.9 Å². The summed E-state index contributed by atoms with van der Waals surface area (Å²) in [5.74, 6) is 0.287. The van der Waals surface area contributed by atoms with E-state index >= 15 is 0 Å². The number of hydrogen-bond donors (Lipinski definition) is 2. The lowest BCUT2D eigenvalue weighted by atomic mass is 9.85. The highest BCUT2D eigenvalue weighted by Gasteiger charge is 2.59. The largest absolute Gasteiger partial charge is 0.386 e. The molecular weight excluding hydrogens is 386 g/mol. The van der Waals surface area contributed by atoms with Gasteiger partial charge < -0.3 is 15.6 Å². The molecule has 0 amide bonds. The summed E-state index contributed by atoms with van der Waals surface area (Å²) < 4.78 is 6.07. The molecule has 1 aliphatic rings. The third kappa shape index (κ3) is 3.78. The third-order valence-electron chi connectivity index (χ3n) is 6.08. The molecule has 0 bridgehead atoms. The molecule has 3 N–H and O–H groups in total. The van der Waals surface area contributed by atoms with Gasteiger partial charge in [0.15, 0.2) is 0 Å². The topological polar surface area (TPSA) is 68.4 Å². The fraction of sp³-hybridized carbons (Fsp3) is 0.500. The van der Waals surface area contributed by atoms with E-state index in [1.54, 1.807) is 21.0 Å². The molecule has 4 nitrogen and oxygen atoms in total. The van der Waals surface area contributed by atoms with Crippen molar-refractivity contribution >= 4 is 29.1 Å². The molecule has 1 heterocycles. The van der Waals surface area contributed by atoms with Crippen LogP contribution in [0.4, 0.5) is 0 Å². The lowest BCUT2D eigenvalue weighted by Gasteiger charge is -2.34. The molecule has 3 rings (SSSR count). The van der Waals surface area contributed by atoms with E-state index in [-0.39, 0.29) is 11.3 Å². The Morgan fingerprint density at radius 2 is 1.82 bits per heavy atom. The molecule has 1 fully saturated rings. The van der Waals surface area contributed by atoms with E-state index in [2.05, 4.69) is 32.3 Å². The molecule has 1 saturated carbocycles. The molecule has 0 spiro atoms. The predicted octanol–water partition coefficient (Wildman–Crippen LogP) is 2.82. The first-order chi connectivity index (χ1) is 13.0. The van der Waals surface area contributed by atoms with Gasteiger partial charge in [0, 0.05) is 30.4 Å². The molecule has 0 aliphatic heterocycles. The zero-order valence-electron chi connectivity index (χ0n) is 17.4. The van der Waals surface area contributed by atoms with Crippen LogP contribution in [0.3, 0.4) is 0 Å². The van der Waals surface area contributed by atoms with Crippen LogP contribution in [0, 0.1) is 11.3 Å². The number of methoxy groups -OCH3 is 1. The molecule has 1 aromatic heterocycles. The van der Waals surface area contributed by atoms with Crippen molar-refractivity contribution in [2.75, 3.05) is 13.7 Å². The second-order valence-electron chi connectivity index (χ2n) is 9.04. The number of nitrogens with two attached hydrogens (primary N) is 1. The van der Waals surface area contributed by atoms with E-state index in [4.69, 9.17) is 15.5 Å². The Morgan fingerprint density at radius 1 is 1.25 bits per heavy atom. The Kier molecular flexibility index (Phi) is 5.78. The van der Waals surface area contributed by atoms with E-state index in [1.807, 2.05) is 30.3 Å². The van der Waals surface area contributed by atoms with Gasteiger partial charge in [0.1, 0.15) is 5.60 Å². The smallest absolute Gasteiger partial charge is 0.125 e. The number of rotatable bonds is 6. The van der Waals surface area contributed by atoms with Crippen molar-refractivity contribution in [1.29, 1.82) is 0 Å². The van der Waals surface area contributed by atoms with Gasteiger partial charge in [0.2, 0.25) is 0 Å². The van der Waals surface area contributed by atoms with Gasteiger partial charge in [0.25, 0.3) is 0 Å². The Labute approximate surface area is 173 Å². The van der Waals surface area contributed by atoms with Crippen molar-refractivity contribution in [3.05, 3.63) is 41.6 Å². The minimum absolute atomic E-state index is 0.160. The molecule has 6 heteroatoms. The lowest BCUT2D eigenvalue weighted by Crippen LogP contribution is -2.42. The number of hydrogen-bond acceptors (Lipinski definition) is 4. The minimum Gasteiger partial charge on any atom is -0.386 e. The molecule has 152 valence electrons. The molecule has 0 saturated heterocycles. The zero-order valence-corrected chi connectivity index (χ0v) is 19.7. The fourth-order valence-electron chi connectivity index (χ4n) is 4.16. The molecular formula is C22H32N2O2P2. The highest BCUT2D eigenvalue weighted by atomic mass is 31.0. The summed E-state index contributed by atoms with van der Waals surface area (Å²) in [6.07, 6.45) is 1.04. The maximum atomic E-state index is 10.9. The van der Waals surface area contributed by atoms with E-state index in [0.29, 0.717) is 6.54 Å². The van der Waals surface area contributed by atoms with E-state index in [0.717, 1.165) is 39.5 Å². The summed E-state index contributed by atoms with van der Waals surface area (Å²) in [7, 11) is 7.17. The summed E-state index contributed by atoms with van der Waals surface area (Å²) in [5.41, 5.74) is 8.20. The number of aliphatic hydroxyl groups is 1. The molecule has 4 unspecified atom stereocenters. The molecule has 1 aromatic carbocycles. The van der Waals surface area contributed by atoms with Crippen LogP contribution in [0.25, 0.3) is 11.3 Å². The van der Waals surface area contributed by atoms with Crippen molar-refractivity contribution < 1.29 is 9.84 Å². The van der Waals surface area contributed by atoms with Crippen molar-refractivity contribution in [2.45, 2.75) is 45.3 Å². The number of pyridine rings is 1. The number of nitrogens with zero attached hydrogens (tertiary/aromatic N) is 1. The maximum Gasteiger partial charge on any atom is 0.125 e. The maximum absolute atomic E-state index is 10.9. The van der Waals surface area contributed by atoms with Crippen LogP contribution in [0.2, 0.25) is 0 Å². The average Bonchev–Trinajstić information content (AvgIpc) is 3.26. The Hall–Kier alpha value is -0.890. The summed E-state index contributed by atoms with van der Waals surface area (Å²) >= 11 is 0. The summed E-state index contributed by atoms with van der Waals surface area (Å²) in [6.45, 7) is 8.41. The highest BCUT2D eigenvalue weighted by Crippen LogP contribution is 2.61. The summed E-state index contributed by atoms with van der Waals surface area (Å²) in [5, 5.41) is 12.9. The van der Waals surface area contributed by atoms with Crippen LogP contribution >= 0.6 is 18.5 Å². The van der Waals surface area contributed by atoms with Crippen molar-refractivity contribution in [3.8, 4) is 11.3 Å². The van der Waals surface area contributed by atoms with Crippen LogP contribution < -0.4 is 16.3 Å². The summed E-state index contributed by atoms with van der Waals surface area (Å²) in [6, 6.07) is 10.2. The Morgan fingerprint density at radius 3 is 2.25 bits per heavy atom. The average molecular weight is 418 g/mol. The lowest BCUT2D eigenvalue weighted by molar-refractivity contribution is -0.0395. The van der Waals surface area contributed by atoms with Gasteiger partial charge in [-0.15, -0.1) is 18.5 Å². The number of benzene rings is 1. The highest BCUT2D eigenvalue weighted by molar-refractivity contribution is 7.28. The quantitative estimate of drug-likeness (QED) is 0.708. The molecule has 0 radical (unpaired) electrons.